The van der Waals surface area contributed by atoms with E-state index in [0.717, 1.165) is 36.4 Å². The third-order valence-electron chi connectivity index (χ3n) is 5.23. The minimum atomic E-state index is -0.702. The van der Waals surface area contributed by atoms with E-state index in [0.29, 0.717) is 25.5 Å². The molecule has 29 heavy (non-hydrogen) atoms. The molecular weight excluding hydrogens is 376 g/mol. The lowest BCUT2D eigenvalue weighted by Crippen LogP contribution is -2.35. The molecule has 4 rings (SSSR count). The fourth-order valence-electron chi connectivity index (χ4n) is 3.89. The van der Waals surface area contributed by atoms with Gasteiger partial charge in [-0.3, -0.25) is 15.0 Å². The molecule has 2 heterocycles. The second-order valence-corrected chi connectivity index (χ2v) is 7.28. The van der Waals surface area contributed by atoms with Crippen LogP contribution in [0, 0.1) is 10.1 Å². The van der Waals surface area contributed by atoms with Gasteiger partial charge < -0.3 is 19.3 Å². The van der Waals surface area contributed by atoms with Crippen LogP contribution in [0.1, 0.15) is 24.4 Å². The lowest BCUT2D eigenvalue weighted by atomic mass is 10.0. The predicted molar refractivity (Wildman–Crippen MR) is 106 cm³/mol. The highest BCUT2D eigenvalue weighted by atomic mass is 16.6. The predicted octanol–water partition coefficient (Wildman–Crippen LogP) is 2.94. The Morgan fingerprint density at radius 2 is 2.03 bits per heavy atom. The molecule has 0 radical (unpaired) electrons. The van der Waals surface area contributed by atoms with Crippen LogP contribution in [0.3, 0.4) is 0 Å². The maximum Gasteiger partial charge on any atom is 0.273 e. The zero-order valence-electron chi connectivity index (χ0n) is 16.0. The summed E-state index contributed by atoms with van der Waals surface area (Å²) in [5.41, 5.74) is 1.12. The third kappa shape index (κ3) is 4.60. The van der Waals surface area contributed by atoms with E-state index < -0.39 is 11.0 Å². The summed E-state index contributed by atoms with van der Waals surface area (Å²) in [6, 6.07) is 12.2. The van der Waals surface area contributed by atoms with Crippen LogP contribution < -0.4 is 14.2 Å². The van der Waals surface area contributed by atoms with Crippen LogP contribution in [-0.2, 0) is 0 Å². The number of rotatable bonds is 7. The number of non-ortho nitro benzene ring substituents is 1. The fraction of sp³-hybridized carbons (Fsp3) is 0.429. The lowest BCUT2D eigenvalue weighted by molar-refractivity contribution is -0.384. The van der Waals surface area contributed by atoms with Gasteiger partial charge in [-0.25, -0.2) is 0 Å². The molecule has 0 bridgehead atoms. The number of hydrogen-bond acceptors (Lipinski definition) is 7. The van der Waals surface area contributed by atoms with Crippen molar-refractivity contribution in [2.24, 2.45) is 0 Å². The van der Waals surface area contributed by atoms with Gasteiger partial charge in [-0.05, 0) is 43.1 Å². The van der Waals surface area contributed by atoms with E-state index in [1.165, 1.54) is 12.1 Å². The average Bonchev–Trinajstić information content (AvgIpc) is 3.20. The summed E-state index contributed by atoms with van der Waals surface area (Å²) >= 11 is 0. The standard InChI is InChI=1S/C21H24N2O6/c24-17(14-29-18-4-1-3-16(12-18)23(25)26)13-22-8-2-5-19(22)15-6-7-20-21(11-15)28-10-9-27-20/h1,3-4,6-7,11-12,17,19,24H,2,5,8-10,13-14H2/t17-,19+/m0/s1. The van der Waals surface area contributed by atoms with Crippen LogP contribution in [0.2, 0.25) is 0 Å². The summed E-state index contributed by atoms with van der Waals surface area (Å²) in [5.74, 6) is 1.92. The van der Waals surface area contributed by atoms with Crippen LogP contribution >= 0.6 is 0 Å². The first-order valence-corrected chi connectivity index (χ1v) is 9.79. The van der Waals surface area contributed by atoms with Crippen molar-refractivity contribution in [3.05, 3.63) is 58.1 Å². The molecule has 0 aliphatic carbocycles. The molecule has 0 aromatic heterocycles. The summed E-state index contributed by atoms with van der Waals surface area (Å²) < 4.78 is 16.9. The number of benzene rings is 2. The number of hydrogen-bond donors (Lipinski definition) is 1. The monoisotopic (exact) mass is 400 g/mol. The van der Waals surface area contributed by atoms with Crippen LogP contribution in [0.25, 0.3) is 0 Å². The summed E-state index contributed by atoms with van der Waals surface area (Å²) in [6.07, 6.45) is 1.36. The first-order valence-electron chi connectivity index (χ1n) is 9.79. The zero-order valence-corrected chi connectivity index (χ0v) is 16.0. The minimum absolute atomic E-state index is 0.0322. The van der Waals surface area contributed by atoms with E-state index >= 15 is 0 Å². The molecule has 8 nitrogen and oxygen atoms in total. The number of ether oxygens (including phenoxy) is 3. The zero-order chi connectivity index (χ0) is 20.2. The van der Waals surface area contributed by atoms with Crippen LogP contribution in [-0.4, -0.2) is 53.9 Å². The second kappa shape index (κ2) is 8.67. The lowest BCUT2D eigenvalue weighted by Gasteiger charge is -2.28. The Morgan fingerprint density at radius 3 is 2.86 bits per heavy atom. The van der Waals surface area contributed by atoms with Crippen molar-refractivity contribution in [1.82, 2.24) is 4.90 Å². The third-order valence-corrected chi connectivity index (χ3v) is 5.23. The Morgan fingerprint density at radius 1 is 1.21 bits per heavy atom. The smallest absolute Gasteiger partial charge is 0.273 e. The molecule has 2 aromatic rings. The molecule has 2 aliphatic heterocycles. The number of nitro groups is 1. The van der Waals surface area contributed by atoms with Gasteiger partial charge in [-0.1, -0.05) is 12.1 Å². The topological polar surface area (TPSA) is 94.3 Å². The molecule has 8 heteroatoms. The molecule has 0 saturated carbocycles. The molecule has 0 unspecified atom stereocenters. The van der Waals surface area contributed by atoms with Gasteiger partial charge in [0.1, 0.15) is 31.7 Å². The quantitative estimate of drug-likeness (QED) is 0.564. The maximum absolute atomic E-state index is 10.9. The van der Waals surface area contributed by atoms with Crippen LogP contribution in [0.5, 0.6) is 17.2 Å². The molecule has 1 N–H and O–H groups in total. The molecule has 0 spiro atoms. The Balaban J connectivity index is 1.36. The molecular formula is C21H24N2O6. The first-order chi connectivity index (χ1) is 14.1. The number of fused-ring (bicyclic) bond motifs is 1. The Kier molecular flexibility index (Phi) is 5.82. The van der Waals surface area contributed by atoms with Crippen molar-refractivity contribution < 1.29 is 24.2 Å². The van der Waals surface area contributed by atoms with E-state index in [4.69, 9.17) is 14.2 Å². The molecule has 2 aliphatic rings. The number of aliphatic hydroxyl groups excluding tert-OH is 1. The van der Waals surface area contributed by atoms with E-state index in [1.807, 2.05) is 12.1 Å². The summed E-state index contributed by atoms with van der Waals surface area (Å²) in [7, 11) is 0. The van der Waals surface area contributed by atoms with E-state index in [2.05, 4.69) is 11.0 Å². The maximum atomic E-state index is 10.9. The Labute approximate surface area is 168 Å². The largest absolute Gasteiger partial charge is 0.491 e. The first kappa shape index (κ1) is 19.5. The summed E-state index contributed by atoms with van der Waals surface area (Å²) in [5, 5.41) is 21.3. The highest BCUT2D eigenvalue weighted by Crippen LogP contribution is 2.38. The number of nitrogens with zero attached hydrogens (tertiary/aromatic N) is 2. The number of nitro benzene ring substituents is 1. The van der Waals surface area contributed by atoms with E-state index in [9.17, 15) is 15.2 Å². The fourth-order valence-corrected chi connectivity index (χ4v) is 3.89. The molecule has 2 atom stereocenters. The van der Waals surface area contributed by atoms with E-state index in [1.54, 1.807) is 12.1 Å². The highest BCUT2D eigenvalue weighted by Gasteiger charge is 2.29. The summed E-state index contributed by atoms with van der Waals surface area (Å²) in [4.78, 5) is 12.6. The number of aliphatic hydroxyl groups is 1. The van der Waals surface area contributed by atoms with Crippen molar-refractivity contribution in [1.29, 1.82) is 0 Å². The van der Waals surface area contributed by atoms with Crippen molar-refractivity contribution >= 4 is 5.69 Å². The van der Waals surface area contributed by atoms with Gasteiger partial charge in [0.25, 0.3) is 5.69 Å². The molecule has 154 valence electrons. The normalized spacial score (nSPS) is 19.7. The highest BCUT2D eigenvalue weighted by molar-refractivity contribution is 5.45. The molecule has 1 fully saturated rings. The van der Waals surface area contributed by atoms with Crippen molar-refractivity contribution in [2.45, 2.75) is 25.0 Å². The minimum Gasteiger partial charge on any atom is -0.491 e. The molecule has 2 aromatic carbocycles. The second-order valence-electron chi connectivity index (χ2n) is 7.28. The van der Waals surface area contributed by atoms with Gasteiger partial charge in [0.15, 0.2) is 11.5 Å². The van der Waals surface area contributed by atoms with Gasteiger partial charge in [0, 0.05) is 18.7 Å². The number of β-amino-alcohol motifs (C(OH)–C–C–N with tert-alkyl or cyclic N) is 1. The average molecular weight is 400 g/mol. The molecule has 0 amide bonds. The summed E-state index contributed by atoms with van der Waals surface area (Å²) in [6.45, 7) is 2.56. The van der Waals surface area contributed by atoms with Crippen LogP contribution in [0.4, 0.5) is 5.69 Å². The Hall–Kier alpha value is -2.84. The van der Waals surface area contributed by atoms with Gasteiger partial charge >= 0.3 is 0 Å². The van der Waals surface area contributed by atoms with Gasteiger partial charge in [-0.15, -0.1) is 0 Å². The van der Waals surface area contributed by atoms with Crippen molar-refractivity contribution in [3.8, 4) is 17.2 Å². The van der Waals surface area contributed by atoms with Gasteiger partial charge in [0.05, 0.1) is 11.0 Å². The number of likely N-dealkylation sites (tertiary alicyclic amines) is 1. The Bertz CT molecular complexity index is 874. The van der Waals surface area contributed by atoms with Crippen molar-refractivity contribution in [3.63, 3.8) is 0 Å². The van der Waals surface area contributed by atoms with Crippen molar-refractivity contribution in [2.75, 3.05) is 32.9 Å². The SMILES string of the molecule is O=[N+]([O-])c1cccc(OC[C@@H](O)CN2CCC[C@@H]2c2ccc3c(c2)OCCO3)c1. The van der Waals surface area contributed by atoms with Crippen LogP contribution in [0.15, 0.2) is 42.5 Å². The van der Waals surface area contributed by atoms with Gasteiger partial charge in [-0.2, -0.15) is 0 Å². The van der Waals surface area contributed by atoms with E-state index in [-0.39, 0.29) is 18.3 Å². The van der Waals surface area contributed by atoms with Gasteiger partial charge in [0.2, 0.25) is 0 Å². The molecule has 1 saturated heterocycles.